The van der Waals surface area contributed by atoms with E-state index in [1.54, 1.807) is 0 Å². The fourth-order valence-electron chi connectivity index (χ4n) is 5.55. The molecule has 17 heteroatoms. The number of nitrogens with zero attached hydrogens (tertiary/aromatic N) is 4. The van der Waals surface area contributed by atoms with Gasteiger partial charge in [-0.2, -0.15) is 13.2 Å². The number of amides is 1. The molecular weight excluding hydrogens is 640 g/mol. The number of aryl methyl sites for hydroxylation is 1. The summed E-state index contributed by atoms with van der Waals surface area (Å²) in [6.07, 6.45) is -8.11. The molecule has 1 amide bonds. The number of alkyl halides is 6. The Morgan fingerprint density at radius 3 is 2.44 bits per heavy atom. The number of anilines is 2. The molecule has 2 aromatic heterocycles. The van der Waals surface area contributed by atoms with Crippen LogP contribution in [-0.2, 0) is 19.5 Å². The molecule has 0 fully saturated rings. The summed E-state index contributed by atoms with van der Waals surface area (Å²) >= 11 is 6.33. The van der Waals surface area contributed by atoms with Crippen LogP contribution in [0.3, 0.4) is 0 Å². The molecule has 0 saturated carbocycles. The maximum atomic E-state index is 14.5. The van der Waals surface area contributed by atoms with E-state index in [4.69, 9.17) is 11.6 Å². The second-order valence-corrected chi connectivity index (χ2v) is 10.5. The molecule has 0 radical (unpaired) electrons. The summed E-state index contributed by atoms with van der Waals surface area (Å²) in [5.74, 6) is -3.53. The van der Waals surface area contributed by atoms with Crippen molar-refractivity contribution in [2.24, 2.45) is 0 Å². The maximum absolute atomic E-state index is 14.5. The van der Waals surface area contributed by atoms with Gasteiger partial charge in [0, 0.05) is 27.2 Å². The van der Waals surface area contributed by atoms with Crippen LogP contribution in [0, 0.1) is 18.6 Å². The molecule has 2 N–H and O–H groups in total. The van der Waals surface area contributed by atoms with Crippen LogP contribution in [-0.4, -0.2) is 31.4 Å². The molecule has 0 bridgehead atoms. The smallest absolute Gasteiger partial charge is 0.341 e. The highest BCUT2D eigenvalue weighted by Crippen LogP contribution is 2.44. The first-order valence-corrected chi connectivity index (χ1v) is 13.3. The van der Waals surface area contributed by atoms with Gasteiger partial charge in [0.2, 0.25) is 0 Å². The summed E-state index contributed by atoms with van der Waals surface area (Å²) in [4.78, 5) is 34.5. The lowest BCUT2D eigenvalue weighted by Gasteiger charge is -2.20. The zero-order chi connectivity index (χ0) is 32.5. The summed E-state index contributed by atoms with van der Waals surface area (Å²) in [6.45, 7) is -1.44. The number of halogens is 9. The van der Waals surface area contributed by atoms with Crippen molar-refractivity contribution >= 4 is 50.9 Å². The largest absolute Gasteiger partial charge is 0.418 e. The Labute approximate surface area is 251 Å². The van der Waals surface area contributed by atoms with Gasteiger partial charge in [-0.05, 0) is 43.3 Å². The fraction of sp³-hybridized carbons (Fsp3) is 0.214. The number of fused-ring (bicyclic) bond motifs is 4. The van der Waals surface area contributed by atoms with Crippen LogP contribution in [0.4, 0.5) is 46.6 Å². The van der Waals surface area contributed by atoms with Crippen LogP contribution >= 0.6 is 11.6 Å². The van der Waals surface area contributed by atoms with Gasteiger partial charge in [-0.1, -0.05) is 11.6 Å². The molecule has 6 rings (SSSR count). The number of rotatable bonds is 6. The van der Waals surface area contributed by atoms with Gasteiger partial charge in [-0.25, -0.2) is 36.7 Å². The fourth-order valence-corrected chi connectivity index (χ4v) is 5.77. The first-order chi connectivity index (χ1) is 21.2. The van der Waals surface area contributed by atoms with E-state index in [2.05, 4.69) is 20.6 Å². The maximum Gasteiger partial charge on any atom is 0.418 e. The number of hydrogen-bond donors (Lipinski definition) is 2. The lowest BCUT2D eigenvalue weighted by atomic mass is 9.95. The van der Waals surface area contributed by atoms with Crippen LogP contribution in [0.1, 0.15) is 38.9 Å². The number of nitrogens with one attached hydrogen (secondary N) is 2. The average molecular weight is 657 g/mol. The summed E-state index contributed by atoms with van der Waals surface area (Å²) in [5, 5.41) is 4.84. The Morgan fingerprint density at radius 2 is 1.78 bits per heavy atom. The minimum atomic E-state index is -5.02. The van der Waals surface area contributed by atoms with Crippen LogP contribution in [0.2, 0.25) is 5.02 Å². The molecule has 3 heterocycles. The number of benzene rings is 3. The second-order valence-electron chi connectivity index (χ2n) is 10.1. The standard InChI is InChI=1S/C28H17ClF8N6O2/c1-10-38-22-14(5-12(32)6-15(22)28(35,36)37)25(39-10)40-17-7-18-24(43(9-30)27(45)42(18)8-19(33)34)21-20(17)23(41-26(21)44)13-4-11(31)2-3-16(13)29/h2-7,19,23H,8-9H2,1H3,(H,41,44)(H,38,39,40). The number of hydrogen-bond acceptors (Lipinski definition) is 5. The normalized spacial score (nSPS) is 14.9. The minimum absolute atomic E-state index is 0.00135. The van der Waals surface area contributed by atoms with Gasteiger partial charge in [0.1, 0.15) is 23.3 Å². The lowest BCUT2D eigenvalue weighted by Crippen LogP contribution is -2.26. The Morgan fingerprint density at radius 1 is 1.04 bits per heavy atom. The minimum Gasteiger partial charge on any atom is -0.341 e. The van der Waals surface area contributed by atoms with E-state index in [0.717, 1.165) is 24.3 Å². The molecule has 45 heavy (non-hydrogen) atoms. The van der Waals surface area contributed by atoms with Crippen LogP contribution in [0.5, 0.6) is 0 Å². The summed E-state index contributed by atoms with van der Waals surface area (Å²) < 4.78 is 113. The summed E-state index contributed by atoms with van der Waals surface area (Å²) in [6, 6.07) is 4.03. The molecule has 0 spiro atoms. The average Bonchev–Trinajstić information content (AvgIpc) is 3.42. The van der Waals surface area contributed by atoms with Gasteiger partial charge in [0.15, 0.2) is 6.80 Å². The van der Waals surface area contributed by atoms with Crippen LogP contribution < -0.4 is 16.3 Å². The highest BCUT2D eigenvalue weighted by molar-refractivity contribution is 6.31. The number of carbonyl (C=O) groups is 1. The molecular formula is C28H17ClF8N6O2. The lowest BCUT2D eigenvalue weighted by molar-refractivity contribution is -0.136. The second kappa shape index (κ2) is 10.7. The predicted octanol–water partition coefficient (Wildman–Crippen LogP) is 6.77. The van der Waals surface area contributed by atoms with Crippen molar-refractivity contribution in [2.45, 2.75) is 38.9 Å². The predicted molar refractivity (Wildman–Crippen MR) is 147 cm³/mol. The molecule has 0 saturated heterocycles. The Bertz CT molecular complexity index is 2110. The Kier molecular flexibility index (Phi) is 7.21. The van der Waals surface area contributed by atoms with E-state index in [-0.39, 0.29) is 56.1 Å². The summed E-state index contributed by atoms with van der Waals surface area (Å²) in [7, 11) is 0. The third kappa shape index (κ3) is 5.02. The van der Waals surface area contributed by atoms with E-state index in [9.17, 15) is 44.7 Å². The number of carbonyl (C=O) groups excluding carboxylic acids is 1. The SMILES string of the molecule is Cc1nc(Nc2cc3c(c4c2C(c2cc(F)ccc2Cl)NC4=O)n(CF)c(=O)n3CC(F)F)c2cc(F)cc(C(F)(F)F)c2n1. The quantitative estimate of drug-likeness (QED) is 0.197. The zero-order valence-corrected chi connectivity index (χ0v) is 23.3. The first kappa shape index (κ1) is 30.3. The zero-order valence-electron chi connectivity index (χ0n) is 22.5. The third-order valence-electron chi connectivity index (χ3n) is 7.28. The van der Waals surface area contributed by atoms with E-state index < -0.39 is 71.7 Å². The monoisotopic (exact) mass is 656 g/mol. The van der Waals surface area contributed by atoms with E-state index >= 15 is 0 Å². The molecule has 0 aliphatic carbocycles. The topological polar surface area (TPSA) is 93.8 Å². The third-order valence-corrected chi connectivity index (χ3v) is 7.62. The van der Waals surface area contributed by atoms with Gasteiger partial charge in [-0.15, -0.1) is 0 Å². The van der Waals surface area contributed by atoms with Crippen molar-refractivity contribution in [3.8, 4) is 0 Å². The van der Waals surface area contributed by atoms with Crippen molar-refractivity contribution in [1.82, 2.24) is 24.4 Å². The van der Waals surface area contributed by atoms with E-state index in [0.29, 0.717) is 9.13 Å². The molecule has 1 aliphatic rings. The van der Waals surface area contributed by atoms with Crippen LogP contribution in [0.15, 0.2) is 41.2 Å². The van der Waals surface area contributed by atoms with Gasteiger partial charge < -0.3 is 10.6 Å². The van der Waals surface area contributed by atoms with Gasteiger partial charge in [0.05, 0.1) is 40.3 Å². The van der Waals surface area contributed by atoms with E-state index in [1.807, 2.05) is 0 Å². The highest BCUT2D eigenvalue weighted by Gasteiger charge is 2.39. The van der Waals surface area contributed by atoms with Crippen LogP contribution in [0.25, 0.3) is 21.9 Å². The van der Waals surface area contributed by atoms with Gasteiger partial charge in [-0.3, -0.25) is 13.9 Å². The number of aromatic nitrogens is 4. The molecule has 3 aromatic carbocycles. The number of imidazole rings is 1. The van der Waals surface area contributed by atoms with Crippen molar-refractivity contribution in [3.05, 3.63) is 91.6 Å². The Hall–Kier alpha value is -4.73. The molecule has 1 unspecified atom stereocenters. The van der Waals surface area contributed by atoms with Gasteiger partial charge in [0.25, 0.3) is 12.3 Å². The highest BCUT2D eigenvalue weighted by atomic mass is 35.5. The van der Waals surface area contributed by atoms with Crippen molar-refractivity contribution in [3.63, 3.8) is 0 Å². The Balaban J connectivity index is 1.71. The van der Waals surface area contributed by atoms with Crippen molar-refractivity contribution < 1.29 is 39.9 Å². The molecule has 8 nitrogen and oxygen atoms in total. The molecule has 234 valence electrons. The molecule has 1 atom stereocenters. The first-order valence-electron chi connectivity index (χ1n) is 12.9. The van der Waals surface area contributed by atoms with Gasteiger partial charge >= 0.3 is 11.9 Å². The van der Waals surface area contributed by atoms with Crippen molar-refractivity contribution in [1.29, 1.82) is 0 Å². The molecule has 1 aliphatic heterocycles. The molecule has 5 aromatic rings. The van der Waals surface area contributed by atoms with Crippen molar-refractivity contribution in [2.75, 3.05) is 5.32 Å². The summed E-state index contributed by atoms with van der Waals surface area (Å²) in [5.41, 5.74) is -4.66. The van der Waals surface area contributed by atoms with E-state index in [1.165, 1.54) is 13.0 Å².